The van der Waals surface area contributed by atoms with E-state index in [0.717, 1.165) is 35.1 Å². The molecular weight excluding hydrogens is 316 g/mol. The predicted molar refractivity (Wildman–Crippen MR) is 100 cm³/mol. The Morgan fingerprint density at radius 2 is 2.16 bits per heavy atom. The fraction of sp³-hybridized carbons (Fsp3) is 0.333. The number of aromatic nitrogens is 2. The highest BCUT2D eigenvalue weighted by molar-refractivity contribution is 5.58. The number of ether oxygens (including phenoxy) is 1. The molecular formula is C18H24N6O. The van der Waals surface area contributed by atoms with Gasteiger partial charge in [-0.25, -0.2) is 4.98 Å². The number of benzene rings is 1. The third kappa shape index (κ3) is 4.39. The Kier molecular flexibility index (Phi) is 5.35. The molecule has 4 N–H and O–H groups in total. The second-order valence-electron chi connectivity index (χ2n) is 5.87. The molecule has 7 heteroatoms. The van der Waals surface area contributed by atoms with Gasteiger partial charge in [-0.2, -0.15) is 4.98 Å². The van der Waals surface area contributed by atoms with E-state index in [2.05, 4.69) is 43.4 Å². The van der Waals surface area contributed by atoms with E-state index in [-0.39, 0.29) is 0 Å². The summed E-state index contributed by atoms with van der Waals surface area (Å²) in [5, 5.41) is 13.0. The molecule has 0 saturated carbocycles. The van der Waals surface area contributed by atoms with E-state index >= 15 is 0 Å². The standard InChI is InChI=1S/C18H24N6O/c1-12-8-17(19-2)24-18(22-12)23-14-4-5-16(25-3)13(9-14)10-21-15-6-7-20-11-15/h4-9,15,20-21H,10-11H2,1-3H3,(H2,19,22,23,24)/t15-/m1/s1. The van der Waals surface area contributed by atoms with Crippen molar-refractivity contribution in [3.05, 3.63) is 47.8 Å². The van der Waals surface area contributed by atoms with E-state index in [0.29, 0.717) is 18.5 Å². The predicted octanol–water partition coefficient (Wildman–Crippen LogP) is 2.15. The number of nitrogens with zero attached hydrogens (tertiary/aromatic N) is 2. The molecule has 2 heterocycles. The Morgan fingerprint density at radius 3 is 2.88 bits per heavy atom. The van der Waals surface area contributed by atoms with Gasteiger partial charge in [0.25, 0.3) is 0 Å². The number of rotatable bonds is 7. The lowest BCUT2D eigenvalue weighted by atomic mass is 10.1. The highest BCUT2D eigenvalue weighted by Gasteiger charge is 2.11. The first-order chi connectivity index (χ1) is 12.2. The van der Waals surface area contributed by atoms with Crippen molar-refractivity contribution in [2.75, 3.05) is 31.3 Å². The number of hydrogen-bond acceptors (Lipinski definition) is 7. The van der Waals surface area contributed by atoms with Gasteiger partial charge in [0.15, 0.2) is 0 Å². The van der Waals surface area contributed by atoms with Crippen LogP contribution in [0.2, 0.25) is 0 Å². The van der Waals surface area contributed by atoms with Crippen LogP contribution in [0.5, 0.6) is 5.75 Å². The van der Waals surface area contributed by atoms with Crippen LogP contribution in [0.3, 0.4) is 0 Å². The molecule has 0 spiro atoms. The van der Waals surface area contributed by atoms with E-state index in [4.69, 9.17) is 4.74 Å². The molecule has 1 aliphatic rings. The molecule has 0 aliphatic carbocycles. The van der Waals surface area contributed by atoms with Crippen LogP contribution in [0, 0.1) is 6.92 Å². The van der Waals surface area contributed by atoms with Gasteiger partial charge >= 0.3 is 0 Å². The van der Waals surface area contributed by atoms with Gasteiger partial charge in [0.2, 0.25) is 5.95 Å². The van der Waals surface area contributed by atoms with Crippen LogP contribution in [0.4, 0.5) is 17.5 Å². The third-order valence-electron chi connectivity index (χ3n) is 3.99. The molecule has 0 bridgehead atoms. The summed E-state index contributed by atoms with van der Waals surface area (Å²) < 4.78 is 5.48. The SMILES string of the molecule is CNc1cc(C)nc(Nc2ccc(OC)c(CN[C@@H]3C=CNC3)c2)n1. The summed E-state index contributed by atoms with van der Waals surface area (Å²) in [5.41, 5.74) is 2.90. The fourth-order valence-corrected chi connectivity index (χ4v) is 2.70. The van der Waals surface area contributed by atoms with Gasteiger partial charge in [0, 0.05) is 49.2 Å². The number of anilines is 3. The molecule has 0 unspecified atom stereocenters. The molecule has 0 amide bonds. The number of hydrogen-bond donors (Lipinski definition) is 4. The smallest absolute Gasteiger partial charge is 0.229 e. The topological polar surface area (TPSA) is 83.1 Å². The van der Waals surface area contributed by atoms with Crippen molar-refractivity contribution in [3.63, 3.8) is 0 Å². The molecule has 1 aliphatic heterocycles. The summed E-state index contributed by atoms with van der Waals surface area (Å²) in [4.78, 5) is 8.86. The van der Waals surface area contributed by atoms with Crippen LogP contribution in [0.1, 0.15) is 11.3 Å². The van der Waals surface area contributed by atoms with Gasteiger partial charge in [0.05, 0.1) is 7.11 Å². The Bertz CT molecular complexity index is 761. The van der Waals surface area contributed by atoms with Crippen LogP contribution in [-0.2, 0) is 6.54 Å². The molecule has 132 valence electrons. The molecule has 0 fully saturated rings. The van der Waals surface area contributed by atoms with E-state index in [1.165, 1.54) is 0 Å². The zero-order chi connectivity index (χ0) is 17.6. The summed E-state index contributed by atoms with van der Waals surface area (Å²) in [7, 11) is 3.53. The molecule has 1 aromatic heterocycles. The Morgan fingerprint density at radius 1 is 1.28 bits per heavy atom. The average Bonchev–Trinajstić information content (AvgIpc) is 3.13. The lowest BCUT2D eigenvalue weighted by molar-refractivity contribution is 0.407. The zero-order valence-electron chi connectivity index (χ0n) is 14.8. The maximum atomic E-state index is 5.48. The second-order valence-corrected chi connectivity index (χ2v) is 5.87. The monoisotopic (exact) mass is 340 g/mol. The highest BCUT2D eigenvalue weighted by Crippen LogP contribution is 2.24. The molecule has 1 atom stereocenters. The Labute approximate surface area is 147 Å². The number of methoxy groups -OCH3 is 1. The Balaban J connectivity index is 1.76. The van der Waals surface area contributed by atoms with Gasteiger partial charge in [-0.05, 0) is 31.3 Å². The quantitative estimate of drug-likeness (QED) is 0.615. The first-order valence-electron chi connectivity index (χ1n) is 8.29. The normalized spacial score (nSPS) is 15.7. The van der Waals surface area contributed by atoms with E-state index in [9.17, 15) is 0 Å². The third-order valence-corrected chi connectivity index (χ3v) is 3.99. The summed E-state index contributed by atoms with van der Waals surface area (Å²) in [5.74, 6) is 2.20. The molecule has 25 heavy (non-hydrogen) atoms. The van der Waals surface area contributed by atoms with Gasteiger partial charge in [-0.3, -0.25) is 0 Å². The summed E-state index contributed by atoms with van der Waals surface area (Å²) in [6.45, 7) is 3.57. The van der Waals surface area contributed by atoms with Crippen molar-refractivity contribution < 1.29 is 4.74 Å². The molecule has 0 radical (unpaired) electrons. The molecule has 3 rings (SSSR count). The number of nitrogens with one attached hydrogen (secondary N) is 4. The van der Waals surface area contributed by atoms with Crippen molar-refractivity contribution in [2.45, 2.75) is 19.5 Å². The van der Waals surface area contributed by atoms with Gasteiger partial charge in [0.1, 0.15) is 11.6 Å². The molecule has 1 aromatic carbocycles. The van der Waals surface area contributed by atoms with Crippen molar-refractivity contribution in [2.24, 2.45) is 0 Å². The minimum atomic E-state index is 0.333. The van der Waals surface area contributed by atoms with Crippen molar-refractivity contribution in [3.8, 4) is 5.75 Å². The first kappa shape index (κ1) is 17.0. The minimum absolute atomic E-state index is 0.333. The second kappa shape index (κ2) is 7.85. The average molecular weight is 340 g/mol. The maximum absolute atomic E-state index is 5.48. The lowest BCUT2D eigenvalue weighted by Crippen LogP contribution is -2.30. The maximum Gasteiger partial charge on any atom is 0.229 e. The highest BCUT2D eigenvalue weighted by atomic mass is 16.5. The molecule has 7 nitrogen and oxygen atoms in total. The lowest BCUT2D eigenvalue weighted by Gasteiger charge is -2.15. The van der Waals surface area contributed by atoms with Crippen LogP contribution in [0.15, 0.2) is 36.5 Å². The van der Waals surface area contributed by atoms with Gasteiger partial charge in [-0.1, -0.05) is 6.08 Å². The van der Waals surface area contributed by atoms with Crippen molar-refractivity contribution in [1.29, 1.82) is 0 Å². The van der Waals surface area contributed by atoms with Crippen LogP contribution >= 0.6 is 0 Å². The molecule has 2 aromatic rings. The fourth-order valence-electron chi connectivity index (χ4n) is 2.70. The largest absolute Gasteiger partial charge is 0.496 e. The molecule has 0 saturated heterocycles. The zero-order valence-corrected chi connectivity index (χ0v) is 14.8. The minimum Gasteiger partial charge on any atom is -0.496 e. The first-order valence-corrected chi connectivity index (χ1v) is 8.29. The summed E-state index contributed by atoms with van der Waals surface area (Å²) in [6.07, 6.45) is 4.09. The van der Waals surface area contributed by atoms with Crippen LogP contribution < -0.4 is 26.0 Å². The Hall–Kier alpha value is -2.80. The summed E-state index contributed by atoms with van der Waals surface area (Å²) >= 11 is 0. The van der Waals surface area contributed by atoms with E-state index in [1.54, 1.807) is 7.11 Å². The number of aryl methyl sites for hydroxylation is 1. The van der Waals surface area contributed by atoms with Gasteiger partial charge in [-0.15, -0.1) is 0 Å². The van der Waals surface area contributed by atoms with E-state index in [1.807, 2.05) is 38.4 Å². The summed E-state index contributed by atoms with van der Waals surface area (Å²) in [6, 6.07) is 8.21. The van der Waals surface area contributed by atoms with Crippen molar-refractivity contribution in [1.82, 2.24) is 20.6 Å². The van der Waals surface area contributed by atoms with Crippen molar-refractivity contribution >= 4 is 17.5 Å². The van der Waals surface area contributed by atoms with Gasteiger partial charge < -0.3 is 26.0 Å². The van der Waals surface area contributed by atoms with E-state index < -0.39 is 0 Å². The van der Waals surface area contributed by atoms with Crippen LogP contribution in [-0.4, -0.2) is 36.7 Å². The van der Waals surface area contributed by atoms with Crippen LogP contribution in [0.25, 0.3) is 0 Å².